The number of carbonyl (C=O) groups is 1. The van der Waals surface area contributed by atoms with Gasteiger partial charge in [-0.15, -0.1) is 0 Å². The molecule has 1 atom stereocenters. The molecule has 0 aromatic carbocycles. The topological polar surface area (TPSA) is 59.1 Å². The summed E-state index contributed by atoms with van der Waals surface area (Å²) in [4.78, 5) is 10.7. The van der Waals surface area contributed by atoms with Crippen LogP contribution >= 0.6 is 0 Å². The Labute approximate surface area is 83.5 Å². The lowest BCUT2D eigenvalue weighted by atomic mass is 10.2. The Morgan fingerprint density at radius 3 is 2.71 bits per heavy atom. The number of rotatable bonds is 6. The van der Waals surface area contributed by atoms with Crippen LogP contribution in [0.3, 0.4) is 0 Å². The molecule has 0 aromatic rings. The van der Waals surface area contributed by atoms with Crippen LogP contribution in [-0.4, -0.2) is 30.4 Å². The first-order valence-corrected chi connectivity index (χ1v) is 4.82. The molecular weight excluding hydrogens is 184 g/mol. The zero-order chi connectivity index (χ0) is 10.6. The van der Waals surface area contributed by atoms with Crippen LogP contribution in [0.2, 0.25) is 0 Å². The van der Waals surface area contributed by atoms with Gasteiger partial charge in [0.1, 0.15) is 18.5 Å². The number of ether oxygens (including phenoxy) is 2. The van der Waals surface area contributed by atoms with E-state index in [9.17, 15) is 4.79 Å². The van der Waals surface area contributed by atoms with Crippen LogP contribution in [-0.2, 0) is 14.3 Å². The second kappa shape index (κ2) is 5.00. The summed E-state index contributed by atoms with van der Waals surface area (Å²) in [6.07, 6.45) is 1.72. The van der Waals surface area contributed by atoms with Gasteiger partial charge in [-0.3, -0.25) is 0 Å². The van der Waals surface area contributed by atoms with Crippen LogP contribution in [0.15, 0.2) is 11.3 Å². The highest BCUT2D eigenvalue weighted by Gasteiger charge is 2.24. The van der Waals surface area contributed by atoms with Gasteiger partial charge in [0.25, 0.3) is 0 Å². The predicted molar refractivity (Wildman–Crippen MR) is 50.9 cm³/mol. The van der Waals surface area contributed by atoms with Gasteiger partial charge in [0.15, 0.2) is 0 Å². The Hall–Kier alpha value is -1.03. The lowest BCUT2D eigenvalue weighted by Gasteiger charge is -2.10. The molecule has 1 rings (SSSR count). The summed E-state index contributed by atoms with van der Waals surface area (Å²) >= 11 is 0. The summed E-state index contributed by atoms with van der Waals surface area (Å²) in [5.74, 6) is -0.333. The first kappa shape index (κ1) is 11.0. The van der Waals surface area contributed by atoms with Gasteiger partial charge in [-0.25, -0.2) is 4.79 Å². The van der Waals surface area contributed by atoms with E-state index in [2.05, 4.69) is 0 Å². The number of carboxylic acid groups (broad SMARTS) is 1. The van der Waals surface area contributed by atoms with E-state index in [-0.39, 0.29) is 6.10 Å². The lowest BCUT2D eigenvalue weighted by Crippen LogP contribution is -2.07. The Kier molecular flexibility index (Phi) is 3.95. The maximum Gasteiger partial charge on any atom is 0.334 e. The average molecular weight is 200 g/mol. The van der Waals surface area contributed by atoms with Crippen LogP contribution in [0.1, 0.15) is 26.7 Å². The molecule has 0 amide bonds. The zero-order valence-corrected chi connectivity index (χ0v) is 8.58. The fraction of sp³-hybridized carbons (Fsp3) is 0.700. The second-order valence-electron chi connectivity index (χ2n) is 3.37. The van der Waals surface area contributed by atoms with Gasteiger partial charge < -0.3 is 14.6 Å². The van der Waals surface area contributed by atoms with E-state index >= 15 is 0 Å². The molecule has 0 aliphatic carbocycles. The van der Waals surface area contributed by atoms with Gasteiger partial charge in [0.05, 0.1) is 12.2 Å². The largest absolute Gasteiger partial charge is 0.495 e. The van der Waals surface area contributed by atoms with Gasteiger partial charge in [0, 0.05) is 6.42 Å². The number of aliphatic carboxylic acids is 1. The molecule has 1 N–H and O–H groups in total. The standard InChI is InChI=1S/C10H16O4/c1-3-4-9(7(2)10(11)12)14-6-8-5-13-8/h8H,3-6H2,1-2H3,(H,11,12)/b9-7+. The molecule has 4 heteroatoms. The van der Waals surface area contributed by atoms with E-state index in [4.69, 9.17) is 14.6 Å². The van der Waals surface area contributed by atoms with Crippen LogP contribution < -0.4 is 0 Å². The van der Waals surface area contributed by atoms with Crippen molar-refractivity contribution in [3.63, 3.8) is 0 Å². The number of epoxide rings is 1. The molecule has 1 saturated heterocycles. The van der Waals surface area contributed by atoms with Gasteiger partial charge in [0.2, 0.25) is 0 Å². The van der Waals surface area contributed by atoms with Gasteiger partial charge in [-0.05, 0) is 13.3 Å². The van der Waals surface area contributed by atoms with Gasteiger partial charge in [-0.2, -0.15) is 0 Å². The van der Waals surface area contributed by atoms with Crippen molar-refractivity contribution in [2.24, 2.45) is 0 Å². The van der Waals surface area contributed by atoms with E-state index in [0.717, 1.165) is 13.0 Å². The Morgan fingerprint density at radius 1 is 1.64 bits per heavy atom. The molecule has 0 radical (unpaired) electrons. The molecule has 4 nitrogen and oxygen atoms in total. The second-order valence-corrected chi connectivity index (χ2v) is 3.37. The maximum atomic E-state index is 10.7. The van der Waals surface area contributed by atoms with Crippen molar-refractivity contribution in [2.45, 2.75) is 32.8 Å². The molecule has 0 aromatic heterocycles. The average Bonchev–Trinajstić information content (AvgIpc) is 2.94. The molecule has 1 unspecified atom stereocenters. The van der Waals surface area contributed by atoms with Crippen molar-refractivity contribution in [3.05, 3.63) is 11.3 Å². The smallest absolute Gasteiger partial charge is 0.334 e. The lowest BCUT2D eigenvalue weighted by molar-refractivity contribution is -0.132. The SMILES string of the molecule is CCC/C(OCC1CO1)=C(/C)C(=O)O. The van der Waals surface area contributed by atoms with Crippen molar-refractivity contribution in [1.29, 1.82) is 0 Å². The van der Waals surface area contributed by atoms with E-state index < -0.39 is 5.97 Å². The van der Waals surface area contributed by atoms with Crippen LogP contribution in [0.5, 0.6) is 0 Å². The number of carboxylic acids is 1. The van der Waals surface area contributed by atoms with E-state index in [0.29, 0.717) is 24.4 Å². The number of allylic oxidation sites excluding steroid dienone is 1. The molecule has 14 heavy (non-hydrogen) atoms. The molecule has 80 valence electrons. The minimum Gasteiger partial charge on any atom is -0.495 e. The maximum absolute atomic E-state index is 10.7. The number of hydrogen-bond donors (Lipinski definition) is 1. The Bertz CT molecular complexity index is 241. The molecule has 1 heterocycles. The summed E-state index contributed by atoms with van der Waals surface area (Å²) in [5, 5.41) is 8.79. The third-order valence-corrected chi connectivity index (χ3v) is 2.06. The summed E-state index contributed by atoms with van der Waals surface area (Å²) in [6.45, 7) is 4.76. The van der Waals surface area contributed by atoms with Crippen molar-refractivity contribution in [1.82, 2.24) is 0 Å². The molecule has 1 fully saturated rings. The third kappa shape index (κ3) is 3.38. The minimum atomic E-state index is -0.912. The highest BCUT2D eigenvalue weighted by atomic mass is 16.6. The summed E-state index contributed by atoms with van der Waals surface area (Å²) in [7, 11) is 0. The molecular formula is C10H16O4. The quantitative estimate of drug-likeness (QED) is 0.401. The molecule has 0 bridgehead atoms. The highest BCUT2D eigenvalue weighted by Crippen LogP contribution is 2.17. The first-order chi connectivity index (χ1) is 6.65. The predicted octanol–water partition coefficient (Wildman–Crippen LogP) is 1.56. The van der Waals surface area contributed by atoms with Crippen molar-refractivity contribution < 1.29 is 19.4 Å². The van der Waals surface area contributed by atoms with E-state index in [1.54, 1.807) is 6.92 Å². The summed E-state index contributed by atoms with van der Waals surface area (Å²) in [6, 6.07) is 0. The highest BCUT2D eigenvalue weighted by molar-refractivity contribution is 5.86. The zero-order valence-electron chi connectivity index (χ0n) is 8.58. The fourth-order valence-electron chi connectivity index (χ4n) is 1.07. The molecule has 0 saturated carbocycles. The van der Waals surface area contributed by atoms with E-state index in [1.807, 2.05) is 6.92 Å². The third-order valence-electron chi connectivity index (χ3n) is 2.06. The summed E-state index contributed by atoms with van der Waals surface area (Å²) < 4.78 is 10.4. The van der Waals surface area contributed by atoms with E-state index in [1.165, 1.54) is 0 Å². The minimum absolute atomic E-state index is 0.170. The van der Waals surface area contributed by atoms with Crippen LogP contribution in [0.25, 0.3) is 0 Å². The van der Waals surface area contributed by atoms with Crippen molar-refractivity contribution in [3.8, 4) is 0 Å². The molecule has 0 spiro atoms. The van der Waals surface area contributed by atoms with Gasteiger partial charge >= 0.3 is 5.97 Å². The Morgan fingerprint density at radius 2 is 2.29 bits per heavy atom. The Balaban J connectivity index is 2.50. The van der Waals surface area contributed by atoms with Gasteiger partial charge in [-0.1, -0.05) is 6.92 Å². The van der Waals surface area contributed by atoms with Crippen LogP contribution in [0, 0.1) is 0 Å². The normalized spacial score (nSPS) is 21.4. The van der Waals surface area contributed by atoms with Crippen molar-refractivity contribution in [2.75, 3.05) is 13.2 Å². The van der Waals surface area contributed by atoms with Crippen LogP contribution in [0.4, 0.5) is 0 Å². The first-order valence-electron chi connectivity index (χ1n) is 4.82. The molecule has 1 aliphatic rings. The molecule has 1 aliphatic heterocycles. The number of hydrogen-bond acceptors (Lipinski definition) is 3. The monoisotopic (exact) mass is 200 g/mol. The fourth-order valence-corrected chi connectivity index (χ4v) is 1.07. The summed E-state index contributed by atoms with van der Waals surface area (Å²) in [5.41, 5.74) is 0.299. The van der Waals surface area contributed by atoms with Crippen molar-refractivity contribution >= 4 is 5.97 Å².